The molecule has 0 spiro atoms. The van der Waals surface area contributed by atoms with Crippen molar-refractivity contribution in [1.82, 2.24) is 9.97 Å². The Labute approximate surface area is 139 Å². The van der Waals surface area contributed by atoms with Gasteiger partial charge >= 0.3 is 0 Å². The molecule has 0 saturated heterocycles. The molecular formula is C15H15N3O4S2. The zero-order valence-electron chi connectivity index (χ0n) is 12.7. The molecule has 0 bridgehead atoms. The molecule has 3 rings (SSSR count). The number of aromatic nitrogens is 2. The number of hydrogen-bond donors (Lipinski definition) is 2. The van der Waals surface area contributed by atoms with E-state index < -0.39 is 19.9 Å². The highest BCUT2D eigenvalue weighted by Gasteiger charge is 2.20. The van der Waals surface area contributed by atoms with Crippen LogP contribution in [0.25, 0.3) is 11.0 Å². The number of H-pyrrole nitrogens is 1. The summed E-state index contributed by atoms with van der Waals surface area (Å²) in [6, 6.07) is 8.92. The van der Waals surface area contributed by atoms with Crippen LogP contribution < -0.4 is 4.72 Å². The molecule has 126 valence electrons. The molecule has 0 aliphatic rings. The Kier molecular flexibility index (Phi) is 4.06. The van der Waals surface area contributed by atoms with Crippen molar-refractivity contribution in [3.8, 4) is 0 Å². The third-order valence-electron chi connectivity index (χ3n) is 3.55. The van der Waals surface area contributed by atoms with E-state index in [-0.39, 0.29) is 21.2 Å². The Balaban J connectivity index is 1.93. The summed E-state index contributed by atoms with van der Waals surface area (Å²) in [4.78, 5) is 7.10. The van der Waals surface area contributed by atoms with Gasteiger partial charge in [0.05, 0.1) is 10.6 Å². The van der Waals surface area contributed by atoms with Gasteiger partial charge in [0.25, 0.3) is 10.0 Å². The molecule has 0 fully saturated rings. The van der Waals surface area contributed by atoms with Crippen molar-refractivity contribution >= 4 is 36.6 Å². The topological polar surface area (TPSA) is 109 Å². The van der Waals surface area contributed by atoms with Crippen molar-refractivity contribution < 1.29 is 16.8 Å². The normalized spacial score (nSPS) is 12.4. The van der Waals surface area contributed by atoms with Crippen molar-refractivity contribution in [3.05, 3.63) is 48.8 Å². The van der Waals surface area contributed by atoms with Crippen LogP contribution in [0.3, 0.4) is 0 Å². The van der Waals surface area contributed by atoms with Gasteiger partial charge in [0.1, 0.15) is 10.5 Å². The fourth-order valence-electron chi connectivity index (χ4n) is 2.26. The SMILES string of the molecule is CCS(=O)(=O)c1ccc(NS(=O)(=O)c2c[nH]c3ncccc23)cc1. The van der Waals surface area contributed by atoms with Gasteiger partial charge in [0, 0.05) is 23.5 Å². The highest BCUT2D eigenvalue weighted by atomic mass is 32.2. The van der Waals surface area contributed by atoms with E-state index in [2.05, 4.69) is 14.7 Å². The molecule has 0 saturated carbocycles. The number of fused-ring (bicyclic) bond motifs is 1. The number of nitrogens with zero attached hydrogens (tertiary/aromatic N) is 1. The molecule has 0 unspecified atom stereocenters. The maximum Gasteiger partial charge on any atom is 0.264 e. The molecule has 7 nitrogen and oxygen atoms in total. The van der Waals surface area contributed by atoms with Crippen LogP contribution in [0.5, 0.6) is 0 Å². The van der Waals surface area contributed by atoms with Crippen LogP contribution in [0.2, 0.25) is 0 Å². The lowest BCUT2D eigenvalue weighted by atomic mass is 10.3. The van der Waals surface area contributed by atoms with Crippen LogP contribution >= 0.6 is 0 Å². The third kappa shape index (κ3) is 3.00. The van der Waals surface area contributed by atoms with Crippen LogP contribution in [-0.4, -0.2) is 32.6 Å². The summed E-state index contributed by atoms with van der Waals surface area (Å²) >= 11 is 0. The quantitative estimate of drug-likeness (QED) is 0.720. The molecule has 2 N–H and O–H groups in total. The number of nitrogens with one attached hydrogen (secondary N) is 2. The maximum atomic E-state index is 12.5. The van der Waals surface area contributed by atoms with E-state index in [1.165, 1.54) is 30.5 Å². The summed E-state index contributed by atoms with van der Waals surface area (Å²) in [5.74, 6) is -0.0135. The minimum absolute atomic E-state index is 0.0135. The van der Waals surface area contributed by atoms with Crippen molar-refractivity contribution in [3.63, 3.8) is 0 Å². The average Bonchev–Trinajstić information content (AvgIpc) is 3.00. The Morgan fingerprint density at radius 2 is 1.79 bits per heavy atom. The summed E-state index contributed by atoms with van der Waals surface area (Å²) in [6.07, 6.45) is 2.94. The summed E-state index contributed by atoms with van der Waals surface area (Å²) in [7, 11) is -7.14. The molecule has 0 aliphatic carbocycles. The molecule has 0 aliphatic heterocycles. The van der Waals surface area contributed by atoms with Gasteiger partial charge in [-0.3, -0.25) is 4.72 Å². The molecule has 0 radical (unpaired) electrons. The Morgan fingerprint density at radius 3 is 2.46 bits per heavy atom. The number of aromatic amines is 1. The third-order valence-corrected chi connectivity index (χ3v) is 6.72. The smallest absolute Gasteiger partial charge is 0.264 e. The minimum Gasteiger partial charge on any atom is -0.345 e. The number of anilines is 1. The van der Waals surface area contributed by atoms with E-state index in [9.17, 15) is 16.8 Å². The highest BCUT2D eigenvalue weighted by molar-refractivity contribution is 7.93. The lowest BCUT2D eigenvalue weighted by Gasteiger charge is -2.08. The fourth-order valence-corrected chi connectivity index (χ4v) is 4.37. The fraction of sp³-hybridized carbons (Fsp3) is 0.133. The molecule has 2 aromatic heterocycles. The first-order valence-electron chi connectivity index (χ1n) is 7.11. The van der Waals surface area contributed by atoms with E-state index in [0.29, 0.717) is 11.0 Å². The number of benzene rings is 1. The van der Waals surface area contributed by atoms with Gasteiger partial charge in [0.15, 0.2) is 9.84 Å². The van der Waals surface area contributed by atoms with Crippen molar-refractivity contribution in [2.45, 2.75) is 16.7 Å². The zero-order chi connectivity index (χ0) is 17.4. The summed E-state index contributed by atoms with van der Waals surface area (Å²) in [5, 5.41) is 0.482. The molecule has 1 aromatic carbocycles. The number of pyridine rings is 1. The predicted octanol–water partition coefficient (Wildman–Crippen LogP) is 2.16. The van der Waals surface area contributed by atoms with E-state index >= 15 is 0 Å². The number of hydrogen-bond acceptors (Lipinski definition) is 5. The van der Waals surface area contributed by atoms with Crippen LogP contribution in [0.1, 0.15) is 6.92 Å². The van der Waals surface area contributed by atoms with Crippen LogP contribution in [0, 0.1) is 0 Å². The lowest BCUT2D eigenvalue weighted by Crippen LogP contribution is -2.12. The first-order valence-corrected chi connectivity index (χ1v) is 10.2. The molecule has 2 heterocycles. The number of rotatable bonds is 5. The molecule has 0 atom stereocenters. The largest absolute Gasteiger partial charge is 0.345 e. The Morgan fingerprint density at radius 1 is 1.08 bits per heavy atom. The second kappa shape index (κ2) is 5.91. The van der Waals surface area contributed by atoms with Gasteiger partial charge in [-0.1, -0.05) is 6.92 Å². The van der Waals surface area contributed by atoms with Gasteiger partial charge in [-0.2, -0.15) is 0 Å². The predicted molar refractivity (Wildman–Crippen MR) is 91.1 cm³/mol. The highest BCUT2D eigenvalue weighted by Crippen LogP contribution is 2.24. The van der Waals surface area contributed by atoms with Gasteiger partial charge in [-0.25, -0.2) is 21.8 Å². The molecule has 24 heavy (non-hydrogen) atoms. The molecular weight excluding hydrogens is 350 g/mol. The number of sulfone groups is 1. The van der Waals surface area contributed by atoms with Gasteiger partial charge in [-0.05, 0) is 36.4 Å². The van der Waals surface area contributed by atoms with Gasteiger partial charge in [-0.15, -0.1) is 0 Å². The maximum absolute atomic E-state index is 12.5. The monoisotopic (exact) mass is 365 g/mol. The van der Waals surface area contributed by atoms with E-state index in [1.54, 1.807) is 25.3 Å². The molecule has 0 amide bonds. The van der Waals surface area contributed by atoms with Crippen LogP contribution in [-0.2, 0) is 19.9 Å². The first kappa shape index (κ1) is 16.5. The standard InChI is InChI=1S/C15H15N3O4S2/c1-2-23(19,20)12-7-5-11(6-8-12)18-24(21,22)14-10-17-15-13(14)4-3-9-16-15/h3-10,18H,2H2,1H3,(H,16,17). The van der Waals surface area contributed by atoms with Crippen LogP contribution in [0.4, 0.5) is 5.69 Å². The minimum atomic E-state index is -3.82. The second-order valence-electron chi connectivity index (χ2n) is 5.09. The van der Waals surface area contributed by atoms with Gasteiger partial charge in [0.2, 0.25) is 0 Å². The molecule has 3 aromatic rings. The zero-order valence-corrected chi connectivity index (χ0v) is 14.4. The van der Waals surface area contributed by atoms with E-state index in [1.807, 2.05) is 0 Å². The second-order valence-corrected chi connectivity index (χ2v) is 9.01. The van der Waals surface area contributed by atoms with Crippen molar-refractivity contribution in [2.75, 3.05) is 10.5 Å². The summed E-state index contributed by atoms with van der Waals surface area (Å²) < 4.78 is 51.1. The molecule has 9 heteroatoms. The Hall–Kier alpha value is -2.39. The summed E-state index contributed by atoms with van der Waals surface area (Å²) in [5.41, 5.74) is 0.755. The van der Waals surface area contributed by atoms with Gasteiger partial charge < -0.3 is 4.98 Å². The lowest BCUT2D eigenvalue weighted by molar-refractivity contribution is 0.597. The van der Waals surface area contributed by atoms with Crippen LogP contribution in [0.15, 0.2) is 58.6 Å². The average molecular weight is 365 g/mol. The number of sulfonamides is 1. The first-order chi connectivity index (χ1) is 11.3. The Bertz CT molecular complexity index is 1090. The van der Waals surface area contributed by atoms with E-state index in [4.69, 9.17) is 0 Å². The van der Waals surface area contributed by atoms with E-state index in [0.717, 1.165) is 0 Å². The van der Waals surface area contributed by atoms with Crippen molar-refractivity contribution in [2.24, 2.45) is 0 Å². The summed E-state index contributed by atoms with van der Waals surface area (Å²) in [6.45, 7) is 1.55. The van der Waals surface area contributed by atoms with Crippen molar-refractivity contribution in [1.29, 1.82) is 0 Å².